The van der Waals surface area contributed by atoms with Gasteiger partial charge in [-0.2, -0.15) is 0 Å². The number of carbonyl (C=O) groups excluding carboxylic acids is 1. The van der Waals surface area contributed by atoms with Gasteiger partial charge in [-0.05, 0) is 61.8 Å². The van der Waals surface area contributed by atoms with Crippen molar-refractivity contribution in [1.29, 1.82) is 0 Å². The molecule has 0 aliphatic heterocycles. The Balaban J connectivity index is 1.85. The molecule has 4 nitrogen and oxygen atoms in total. The molecule has 0 radical (unpaired) electrons. The molecule has 0 amide bonds. The van der Waals surface area contributed by atoms with Gasteiger partial charge in [0.1, 0.15) is 0 Å². The van der Waals surface area contributed by atoms with Crippen molar-refractivity contribution in [3.05, 3.63) is 45.7 Å². The Morgan fingerprint density at radius 2 is 1.96 bits per heavy atom. The number of hydrogen-bond donors (Lipinski definition) is 1. The van der Waals surface area contributed by atoms with E-state index in [-0.39, 0.29) is 17.3 Å². The van der Waals surface area contributed by atoms with Crippen molar-refractivity contribution < 1.29 is 9.53 Å². The monoisotopic (exact) mass is 327 g/mol. The van der Waals surface area contributed by atoms with Crippen LogP contribution in [0.4, 0.5) is 0 Å². The Morgan fingerprint density at radius 1 is 1.21 bits per heavy atom. The average molecular weight is 327 g/mol. The number of ketones is 1. The van der Waals surface area contributed by atoms with Crippen molar-refractivity contribution in [2.75, 3.05) is 7.11 Å². The summed E-state index contributed by atoms with van der Waals surface area (Å²) in [5.74, 6) is 0.307. The number of rotatable bonds is 5. The number of hydrogen-bond acceptors (Lipinski definition) is 3. The first-order valence-corrected chi connectivity index (χ1v) is 8.85. The van der Waals surface area contributed by atoms with Gasteiger partial charge in [-0.1, -0.05) is 13.3 Å². The average Bonchev–Trinajstić information content (AvgIpc) is 2.61. The minimum Gasteiger partial charge on any atom is -0.381 e. The molecular formula is C20H25NO3. The normalized spacial score (nSPS) is 21.1. The number of H-pyrrole nitrogens is 1. The summed E-state index contributed by atoms with van der Waals surface area (Å²) in [6.07, 6.45) is 5.67. The van der Waals surface area contributed by atoms with Gasteiger partial charge in [0.25, 0.3) is 5.56 Å². The minimum atomic E-state index is -0.0266. The second-order valence-corrected chi connectivity index (χ2v) is 6.75. The molecule has 0 spiro atoms. The Bertz CT molecular complexity index is 785. The first-order valence-electron chi connectivity index (χ1n) is 8.85. The topological polar surface area (TPSA) is 59.2 Å². The highest BCUT2D eigenvalue weighted by Crippen LogP contribution is 2.29. The van der Waals surface area contributed by atoms with E-state index < -0.39 is 0 Å². The number of benzene rings is 1. The number of nitrogens with one attached hydrogen (secondary N) is 1. The van der Waals surface area contributed by atoms with E-state index in [4.69, 9.17) is 4.74 Å². The molecule has 0 unspecified atom stereocenters. The number of fused-ring (bicyclic) bond motifs is 1. The highest BCUT2D eigenvalue weighted by molar-refractivity contribution is 6.00. The summed E-state index contributed by atoms with van der Waals surface area (Å²) in [5, 5.41) is 0.939. The first kappa shape index (κ1) is 16.9. The minimum absolute atomic E-state index is 0.0266. The van der Waals surface area contributed by atoms with Gasteiger partial charge < -0.3 is 9.72 Å². The van der Waals surface area contributed by atoms with Gasteiger partial charge in [-0.15, -0.1) is 0 Å². The quantitative estimate of drug-likeness (QED) is 0.848. The molecule has 1 aliphatic carbocycles. The smallest absolute Gasteiger partial charge is 0.251 e. The van der Waals surface area contributed by atoms with Gasteiger partial charge in [-0.25, -0.2) is 0 Å². The highest BCUT2D eigenvalue weighted by atomic mass is 16.5. The van der Waals surface area contributed by atoms with E-state index in [1.54, 1.807) is 7.11 Å². The summed E-state index contributed by atoms with van der Waals surface area (Å²) in [6, 6.07) is 7.54. The molecule has 0 bridgehead atoms. The molecule has 24 heavy (non-hydrogen) atoms. The third-order valence-corrected chi connectivity index (χ3v) is 5.10. The van der Waals surface area contributed by atoms with Gasteiger partial charge in [0.15, 0.2) is 5.78 Å². The number of methoxy groups -OCH3 is 1. The molecule has 1 aliphatic rings. The van der Waals surface area contributed by atoms with Gasteiger partial charge in [0.2, 0.25) is 0 Å². The van der Waals surface area contributed by atoms with Crippen LogP contribution in [0.1, 0.15) is 54.9 Å². The van der Waals surface area contributed by atoms with Gasteiger partial charge in [-0.3, -0.25) is 9.59 Å². The zero-order valence-corrected chi connectivity index (χ0v) is 14.4. The molecule has 2 aromatic rings. The lowest BCUT2D eigenvalue weighted by Crippen LogP contribution is -2.25. The largest absolute Gasteiger partial charge is 0.381 e. The maximum absolute atomic E-state index is 12.8. The van der Waals surface area contributed by atoms with Crippen molar-refractivity contribution in [1.82, 2.24) is 4.98 Å². The van der Waals surface area contributed by atoms with E-state index in [2.05, 4.69) is 11.9 Å². The van der Waals surface area contributed by atoms with Crippen molar-refractivity contribution >= 4 is 16.7 Å². The van der Waals surface area contributed by atoms with Crippen molar-refractivity contribution in [3.8, 4) is 0 Å². The van der Waals surface area contributed by atoms with Crippen LogP contribution in [0, 0.1) is 5.92 Å². The summed E-state index contributed by atoms with van der Waals surface area (Å²) >= 11 is 0. The fraction of sp³-hybridized carbons (Fsp3) is 0.500. The molecule has 1 fully saturated rings. The zero-order chi connectivity index (χ0) is 17.1. The Morgan fingerprint density at radius 3 is 2.62 bits per heavy atom. The number of Topliss-reactive ketones (excluding diaryl/α,β-unsaturated/α-hetero) is 1. The van der Waals surface area contributed by atoms with E-state index >= 15 is 0 Å². The van der Waals surface area contributed by atoms with Gasteiger partial charge >= 0.3 is 0 Å². The predicted molar refractivity (Wildman–Crippen MR) is 95.6 cm³/mol. The number of aryl methyl sites for hydroxylation is 1. The molecule has 128 valence electrons. The molecule has 3 rings (SSSR count). The van der Waals surface area contributed by atoms with E-state index in [9.17, 15) is 9.59 Å². The number of ether oxygens (including phenoxy) is 1. The summed E-state index contributed by atoms with van der Waals surface area (Å²) in [5.41, 5.74) is 2.30. The van der Waals surface area contributed by atoms with E-state index in [0.29, 0.717) is 6.10 Å². The van der Waals surface area contributed by atoms with Crippen LogP contribution >= 0.6 is 0 Å². The van der Waals surface area contributed by atoms with Crippen LogP contribution in [0.5, 0.6) is 0 Å². The lowest BCUT2D eigenvalue weighted by molar-refractivity contribution is 0.0519. The standard InChI is InChI=1S/C20H25NO3/c1-3-4-15-12-16-11-14(7-10-18(16)21-20(15)23)19(22)13-5-8-17(24-2)9-6-13/h7,10-13,17H,3-6,8-9H2,1-2H3,(H,21,23). The molecule has 1 N–H and O–H groups in total. The van der Waals surface area contributed by atoms with Crippen LogP contribution in [0.3, 0.4) is 0 Å². The van der Waals surface area contributed by atoms with Crippen LogP contribution in [0.2, 0.25) is 0 Å². The summed E-state index contributed by atoms with van der Waals surface area (Å²) in [4.78, 5) is 27.7. The molecule has 1 saturated carbocycles. The SMILES string of the molecule is CCCc1cc2cc(C(=O)C3CCC(OC)CC3)ccc2[nH]c1=O. The summed E-state index contributed by atoms with van der Waals surface area (Å²) in [6.45, 7) is 2.06. The fourth-order valence-corrected chi connectivity index (χ4v) is 3.66. The van der Waals surface area contributed by atoms with Crippen molar-refractivity contribution in [2.45, 2.75) is 51.6 Å². The lowest BCUT2D eigenvalue weighted by atomic mass is 9.82. The van der Waals surface area contributed by atoms with Crippen LogP contribution in [-0.2, 0) is 11.2 Å². The second kappa shape index (κ2) is 7.31. The highest BCUT2D eigenvalue weighted by Gasteiger charge is 2.27. The fourth-order valence-electron chi connectivity index (χ4n) is 3.66. The van der Waals surface area contributed by atoms with Gasteiger partial charge in [0, 0.05) is 29.7 Å². The van der Waals surface area contributed by atoms with E-state index in [0.717, 1.165) is 60.6 Å². The zero-order valence-electron chi connectivity index (χ0n) is 14.4. The number of aromatic nitrogens is 1. The van der Waals surface area contributed by atoms with Crippen molar-refractivity contribution in [2.24, 2.45) is 5.92 Å². The molecule has 0 atom stereocenters. The maximum atomic E-state index is 12.8. The summed E-state index contributed by atoms with van der Waals surface area (Å²) in [7, 11) is 1.74. The van der Waals surface area contributed by atoms with Crippen molar-refractivity contribution in [3.63, 3.8) is 0 Å². The molecule has 1 heterocycles. The molecule has 0 saturated heterocycles. The predicted octanol–water partition coefficient (Wildman–Crippen LogP) is 3.87. The molecule has 4 heteroatoms. The van der Waals surface area contributed by atoms with Crippen LogP contribution in [-0.4, -0.2) is 24.0 Å². The first-order chi connectivity index (χ1) is 11.6. The Hall–Kier alpha value is -1.94. The maximum Gasteiger partial charge on any atom is 0.251 e. The van der Waals surface area contributed by atoms with Crippen LogP contribution in [0.15, 0.2) is 29.1 Å². The van der Waals surface area contributed by atoms with Crippen LogP contribution < -0.4 is 5.56 Å². The molecule has 1 aromatic heterocycles. The Labute approximate surface area is 142 Å². The third-order valence-electron chi connectivity index (χ3n) is 5.10. The second-order valence-electron chi connectivity index (χ2n) is 6.75. The van der Waals surface area contributed by atoms with Crippen LogP contribution in [0.25, 0.3) is 10.9 Å². The lowest BCUT2D eigenvalue weighted by Gasteiger charge is -2.26. The Kier molecular flexibility index (Phi) is 5.14. The number of pyridine rings is 1. The summed E-state index contributed by atoms with van der Waals surface area (Å²) < 4.78 is 5.38. The molecule has 1 aromatic carbocycles. The van der Waals surface area contributed by atoms with E-state index in [1.165, 1.54) is 0 Å². The number of aromatic amines is 1. The van der Waals surface area contributed by atoms with E-state index in [1.807, 2.05) is 24.3 Å². The third kappa shape index (κ3) is 3.44. The number of carbonyl (C=O) groups is 1. The van der Waals surface area contributed by atoms with Gasteiger partial charge in [0.05, 0.1) is 6.10 Å². The molecular weight excluding hydrogens is 302 g/mol.